The van der Waals surface area contributed by atoms with Crippen molar-refractivity contribution in [2.45, 2.75) is 63.1 Å². The molecule has 1 fully saturated rings. The third-order valence-electron chi connectivity index (χ3n) is 7.41. The Bertz CT molecular complexity index is 1230. The Morgan fingerprint density at radius 2 is 1.52 bits per heavy atom. The summed E-state index contributed by atoms with van der Waals surface area (Å²) in [7, 11) is -2.97. The number of carbonyl (C=O) groups is 1. The number of nitrogens with two attached hydrogens (primary N) is 1. The lowest BCUT2D eigenvalue weighted by Crippen LogP contribution is -2.69. The lowest BCUT2D eigenvalue weighted by Gasteiger charge is -2.46. The van der Waals surface area contributed by atoms with Gasteiger partial charge in [0.1, 0.15) is 18.8 Å². The Hall–Kier alpha value is -3.31. The molecule has 0 saturated carbocycles. The van der Waals surface area contributed by atoms with Gasteiger partial charge in [-0.05, 0) is 21.0 Å². The lowest BCUT2D eigenvalue weighted by atomic mass is 9.97. The fourth-order valence-corrected chi connectivity index (χ4v) is 9.93. The van der Waals surface area contributed by atoms with Crippen LogP contribution in [0.2, 0.25) is 5.04 Å². The summed E-state index contributed by atoms with van der Waals surface area (Å²) in [6.45, 7) is 10.2. The van der Waals surface area contributed by atoms with Crippen molar-refractivity contribution in [1.82, 2.24) is 0 Å². The standard InChI is InChI=1S/C33H41NO7Si/c1-5-21-37-32(36)41-30-27(40-31(28(34)29(30)35)38-22-24-15-9-6-10-16-24)23-39-42(33(2,3)4,25-17-11-7-12-18-25)26-19-13-8-14-20-26/h5-20,27-31,35H,1,21-23,34H2,2-4H3/t27-,28-,29-,30-,31-/m1/s1. The highest BCUT2D eigenvalue weighted by atomic mass is 28.4. The van der Waals surface area contributed by atoms with Crippen LogP contribution in [0.1, 0.15) is 26.3 Å². The van der Waals surface area contributed by atoms with Crippen molar-refractivity contribution in [3.8, 4) is 0 Å². The molecule has 5 atom stereocenters. The van der Waals surface area contributed by atoms with Gasteiger partial charge in [0, 0.05) is 0 Å². The number of benzene rings is 3. The van der Waals surface area contributed by atoms with E-state index in [2.05, 4.69) is 51.6 Å². The largest absolute Gasteiger partial charge is 0.509 e. The maximum atomic E-state index is 12.5. The number of hydrogen-bond donors (Lipinski definition) is 2. The quantitative estimate of drug-likeness (QED) is 0.196. The summed E-state index contributed by atoms with van der Waals surface area (Å²) >= 11 is 0. The van der Waals surface area contributed by atoms with Crippen molar-refractivity contribution in [3.05, 3.63) is 109 Å². The molecule has 0 unspecified atom stereocenters. The molecule has 0 bridgehead atoms. The first-order chi connectivity index (χ1) is 20.2. The molecular formula is C33H41NO7Si. The van der Waals surface area contributed by atoms with Gasteiger partial charge in [-0.25, -0.2) is 4.79 Å². The highest BCUT2D eigenvalue weighted by molar-refractivity contribution is 6.99. The second kappa shape index (κ2) is 14.2. The predicted molar refractivity (Wildman–Crippen MR) is 164 cm³/mol. The minimum absolute atomic E-state index is 0.00165. The number of aliphatic hydroxyl groups is 1. The molecule has 0 spiro atoms. The molecule has 0 aromatic heterocycles. The van der Waals surface area contributed by atoms with E-state index in [-0.39, 0.29) is 24.9 Å². The molecule has 0 amide bonds. The molecule has 1 aliphatic rings. The van der Waals surface area contributed by atoms with Crippen LogP contribution in [0.5, 0.6) is 0 Å². The summed E-state index contributed by atoms with van der Waals surface area (Å²) in [6.07, 6.45) is -3.88. The van der Waals surface area contributed by atoms with E-state index in [4.69, 9.17) is 29.1 Å². The molecule has 4 rings (SSSR count). The van der Waals surface area contributed by atoms with Crippen LogP contribution in [0.15, 0.2) is 104 Å². The Labute approximate surface area is 249 Å². The van der Waals surface area contributed by atoms with Gasteiger partial charge in [0.25, 0.3) is 8.32 Å². The van der Waals surface area contributed by atoms with E-state index in [1.165, 1.54) is 6.08 Å². The Morgan fingerprint density at radius 3 is 2.05 bits per heavy atom. The molecular weight excluding hydrogens is 550 g/mol. The lowest BCUT2D eigenvalue weighted by molar-refractivity contribution is -0.269. The number of aliphatic hydroxyl groups excluding tert-OH is 1. The number of hydrogen-bond acceptors (Lipinski definition) is 8. The van der Waals surface area contributed by atoms with Gasteiger partial charge in [0.15, 0.2) is 12.4 Å². The van der Waals surface area contributed by atoms with Gasteiger partial charge in [-0.2, -0.15) is 0 Å². The first kappa shape index (κ1) is 31.6. The fraction of sp³-hybridized carbons (Fsp3) is 0.364. The fourth-order valence-electron chi connectivity index (χ4n) is 5.36. The van der Waals surface area contributed by atoms with Gasteiger partial charge in [-0.1, -0.05) is 124 Å². The van der Waals surface area contributed by atoms with E-state index in [0.29, 0.717) is 0 Å². The summed E-state index contributed by atoms with van der Waals surface area (Å²) in [5, 5.41) is 13.1. The average molecular weight is 592 g/mol. The van der Waals surface area contributed by atoms with Crippen molar-refractivity contribution in [3.63, 3.8) is 0 Å². The van der Waals surface area contributed by atoms with Crippen molar-refractivity contribution >= 4 is 24.8 Å². The second-order valence-corrected chi connectivity index (χ2v) is 15.6. The van der Waals surface area contributed by atoms with E-state index in [0.717, 1.165) is 15.9 Å². The minimum Gasteiger partial charge on any atom is -0.430 e. The van der Waals surface area contributed by atoms with E-state index >= 15 is 0 Å². The van der Waals surface area contributed by atoms with Crippen molar-refractivity contribution in [2.75, 3.05) is 13.2 Å². The molecule has 8 nitrogen and oxygen atoms in total. The van der Waals surface area contributed by atoms with E-state index in [1.54, 1.807) is 0 Å². The molecule has 3 N–H and O–H groups in total. The highest BCUT2D eigenvalue weighted by Crippen LogP contribution is 2.37. The van der Waals surface area contributed by atoms with E-state index < -0.39 is 45.1 Å². The van der Waals surface area contributed by atoms with E-state index in [9.17, 15) is 9.90 Å². The molecule has 9 heteroatoms. The Balaban J connectivity index is 1.67. The first-order valence-electron chi connectivity index (χ1n) is 14.1. The maximum absolute atomic E-state index is 12.5. The molecule has 3 aromatic rings. The predicted octanol–water partition coefficient (Wildman–Crippen LogP) is 3.90. The average Bonchev–Trinajstić information content (AvgIpc) is 3.00. The summed E-state index contributed by atoms with van der Waals surface area (Å²) in [6, 6.07) is 28.9. The zero-order valence-electron chi connectivity index (χ0n) is 24.4. The number of carbonyl (C=O) groups excluding carboxylic acids is 1. The van der Waals surface area contributed by atoms with Crippen LogP contribution in [0.25, 0.3) is 0 Å². The first-order valence-corrected chi connectivity index (χ1v) is 16.0. The molecule has 1 heterocycles. The van der Waals surface area contributed by atoms with Gasteiger partial charge in [-0.15, -0.1) is 0 Å². The number of ether oxygens (including phenoxy) is 4. The molecule has 1 aliphatic heterocycles. The van der Waals surface area contributed by atoms with Gasteiger partial charge >= 0.3 is 6.16 Å². The normalized spacial score (nSPS) is 22.7. The Morgan fingerprint density at radius 1 is 0.976 bits per heavy atom. The minimum atomic E-state index is -2.97. The third-order valence-corrected chi connectivity index (χ3v) is 12.4. The van der Waals surface area contributed by atoms with E-state index in [1.807, 2.05) is 66.7 Å². The molecule has 0 radical (unpaired) electrons. The summed E-state index contributed by atoms with van der Waals surface area (Å²) in [5.41, 5.74) is 7.29. The maximum Gasteiger partial charge on any atom is 0.509 e. The second-order valence-electron chi connectivity index (χ2n) is 11.3. The SMILES string of the molecule is C=CCOC(=O)O[C@H]1[C@H](O)[C@@H](N)[C@H](OCc2ccccc2)O[C@@H]1CO[Si](c1ccccc1)(c1ccccc1)C(C)(C)C. The monoisotopic (exact) mass is 591 g/mol. The van der Waals surface area contributed by atoms with Crippen LogP contribution in [0.3, 0.4) is 0 Å². The van der Waals surface area contributed by atoms with Gasteiger partial charge in [0.2, 0.25) is 0 Å². The topological polar surface area (TPSA) is 109 Å². The molecule has 3 aromatic carbocycles. The molecule has 0 aliphatic carbocycles. The van der Waals surface area contributed by atoms with Gasteiger partial charge in [-0.3, -0.25) is 0 Å². The molecule has 224 valence electrons. The van der Waals surface area contributed by atoms with Gasteiger partial charge < -0.3 is 34.2 Å². The van der Waals surface area contributed by atoms with Crippen molar-refractivity contribution in [2.24, 2.45) is 5.73 Å². The zero-order chi connectivity index (χ0) is 30.2. The van der Waals surface area contributed by atoms with Crippen LogP contribution < -0.4 is 16.1 Å². The number of rotatable bonds is 11. The highest BCUT2D eigenvalue weighted by Gasteiger charge is 2.53. The van der Waals surface area contributed by atoms with Crippen LogP contribution in [0, 0.1) is 0 Å². The molecule has 1 saturated heterocycles. The smallest absolute Gasteiger partial charge is 0.430 e. The summed E-state index contributed by atoms with van der Waals surface area (Å²) in [4.78, 5) is 12.5. The van der Waals surface area contributed by atoms with Crippen LogP contribution >= 0.6 is 0 Å². The summed E-state index contributed by atoms with van der Waals surface area (Å²) < 4.78 is 30.0. The van der Waals surface area contributed by atoms with Crippen molar-refractivity contribution < 1.29 is 33.3 Å². The zero-order valence-corrected chi connectivity index (χ0v) is 25.4. The molecule has 42 heavy (non-hydrogen) atoms. The van der Waals surface area contributed by atoms with Crippen LogP contribution in [-0.4, -0.2) is 63.4 Å². The third kappa shape index (κ3) is 7.18. The van der Waals surface area contributed by atoms with Gasteiger partial charge in [0.05, 0.1) is 19.3 Å². The summed E-state index contributed by atoms with van der Waals surface area (Å²) in [5.74, 6) is 0. The van der Waals surface area contributed by atoms with Crippen LogP contribution in [0.4, 0.5) is 4.79 Å². The van der Waals surface area contributed by atoms with Crippen molar-refractivity contribution in [1.29, 1.82) is 0 Å². The van der Waals surface area contributed by atoms with Crippen LogP contribution in [-0.2, 0) is 30.0 Å². The Kier molecular flexibility index (Phi) is 10.7.